The van der Waals surface area contributed by atoms with Crippen molar-refractivity contribution in [1.29, 1.82) is 0 Å². The van der Waals surface area contributed by atoms with Gasteiger partial charge in [0.25, 0.3) is 0 Å². The normalized spacial score (nSPS) is 29.7. The number of benzene rings is 1. The van der Waals surface area contributed by atoms with Gasteiger partial charge in [-0.05, 0) is 56.1 Å². The van der Waals surface area contributed by atoms with Crippen molar-refractivity contribution in [2.24, 2.45) is 5.92 Å². The number of hydrogen-bond acceptors (Lipinski definition) is 3. The van der Waals surface area contributed by atoms with E-state index in [9.17, 15) is 8.42 Å². The highest BCUT2D eigenvalue weighted by atomic mass is 35.5. The third kappa shape index (κ3) is 3.44. The van der Waals surface area contributed by atoms with Gasteiger partial charge in [-0.1, -0.05) is 23.8 Å². The van der Waals surface area contributed by atoms with Gasteiger partial charge in [-0.15, -0.1) is 11.6 Å². The quantitative estimate of drug-likeness (QED) is 0.733. The fourth-order valence-electron chi connectivity index (χ4n) is 5.24. The zero-order valence-corrected chi connectivity index (χ0v) is 17.1. The molecular weight excluding hydrogens is 368 g/mol. The predicted octanol–water partition coefficient (Wildman–Crippen LogP) is 3.34. The molecule has 0 bridgehead atoms. The molecule has 3 atom stereocenters. The summed E-state index contributed by atoms with van der Waals surface area (Å²) in [7, 11) is -3.21. The van der Waals surface area contributed by atoms with Crippen molar-refractivity contribution in [1.82, 2.24) is 9.21 Å². The van der Waals surface area contributed by atoms with E-state index >= 15 is 0 Å². The van der Waals surface area contributed by atoms with Gasteiger partial charge in [0.05, 0.1) is 5.75 Å². The number of aryl methyl sites for hydroxylation is 1. The Morgan fingerprint density at radius 3 is 2.92 bits per heavy atom. The van der Waals surface area contributed by atoms with Crippen LogP contribution in [0.5, 0.6) is 0 Å². The number of halogens is 1. The van der Waals surface area contributed by atoms with E-state index in [1.807, 2.05) is 4.31 Å². The lowest BCUT2D eigenvalue weighted by Crippen LogP contribution is -2.57. The summed E-state index contributed by atoms with van der Waals surface area (Å²) in [5, 5.41) is 0. The molecule has 1 aromatic rings. The smallest absolute Gasteiger partial charge is 0.214 e. The van der Waals surface area contributed by atoms with Crippen molar-refractivity contribution >= 4 is 21.6 Å². The van der Waals surface area contributed by atoms with Crippen LogP contribution < -0.4 is 0 Å². The lowest BCUT2D eigenvalue weighted by Gasteiger charge is -2.51. The fraction of sp³-hybridized carbons (Fsp3) is 0.700. The van der Waals surface area contributed by atoms with Crippen LogP contribution in [0.3, 0.4) is 0 Å². The summed E-state index contributed by atoms with van der Waals surface area (Å²) >= 11 is 5.75. The molecule has 2 fully saturated rings. The Morgan fingerprint density at radius 1 is 1.27 bits per heavy atom. The first kappa shape index (κ1) is 18.7. The Morgan fingerprint density at radius 2 is 2.12 bits per heavy atom. The number of rotatable bonds is 4. The van der Waals surface area contributed by atoms with Gasteiger partial charge in [0.15, 0.2) is 0 Å². The first-order valence-electron chi connectivity index (χ1n) is 9.88. The average molecular weight is 397 g/mol. The van der Waals surface area contributed by atoms with Crippen molar-refractivity contribution in [3.63, 3.8) is 0 Å². The number of sulfonamides is 1. The zero-order valence-electron chi connectivity index (χ0n) is 15.5. The van der Waals surface area contributed by atoms with Crippen LogP contribution in [0.4, 0.5) is 0 Å². The first-order valence-corrected chi connectivity index (χ1v) is 12.0. The molecule has 4 rings (SSSR count). The Balaban J connectivity index is 1.61. The van der Waals surface area contributed by atoms with Gasteiger partial charge >= 0.3 is 0 Å². The molecule has 3 aliphatic heterocycles. The van der Waals surface area contributed by atoms with Gasteiger partial charge in [-0.2, -0.15) is 4.31 Å². The van der Waals surface area contributed by atoms with Crippen LogP contribution >= 0.6 is 11.6 Å². The van der Waals surface area contributed by atoms with Gasteiger partial charge in [-0.25, -0.2) is 8.42 Å². The van der Waals surface area contributed by atoms with Crippen LogP contribution in [0.2, 0.25) is 0 Å². The third-order valence-electron chi connectivity index (χ3n) is 6.46. The lowest BCUT2D eigenvalue weighted by atomic mass is 9.77. The largest absolute Gasteiger partial charge is 0.296 e. The molecule has 0 amide bonds. The second kappa shape index (κ2) is 7.42. The van der Waals surface area contributed by atoms with Gasteiger partial charge in [0.1, 0.15) is 0 Å². The number of alkyl halides is 1. The lowest BCUT2D eigenvalue weighted by molar-refractivity contribution is 0.0220. The summed E-state index contributed by atoms with van der Waals surface area (Å²) in [6.45, 7) is 4.96. The minimum Gasteiger partial charge on any atom is -0.296 e. The van der Waals surface area contributed by atoms with E-state index in [1.54, 1.807) is 0 Å². The van der Waals surface area contributed by atoms with Crippen LogP contribution in [0.1, 0.15) is 48.4 Å². The highest BCUT2D eigenvalue weighted by Gasteiger charge is 2.45. The molecule has 2 saturated heterocycles. The molecule has 0 radical (unpaired) electrons. The standard InChI is InChI=1S/C20H29ClN2O2S/c1-15-5-6-18-16(12-15)7-10-22-14-17-4-2-9-23(19(17)13-20(18)22)26(24,25)11-3-8-21/h5-6,12,17,19-20H,2-4,7-11,13-14H2,1H3/t17-,19+,20+/m1/s1. The fourth-order valence-corrected chi connectivity index (χ4v) is 7.36. The molecule has 1 aromatic carbocycles. The van der Waals surface area contributed by atoms with Crippen molar-refractivity contribution in [2.45, 2.75) is 51.1 Å². The molecule has 0 saturated carbocycles. The molecule has 0 N–H and O–H groups in total. The third-order valence-corrected chi connectivity index (χ3v) is 8.70. The van der Waals surface area contributed by atoms with E-state index in [0.717, 1.165) is 38.8 Å². The molecule has 0 aliphatic carbocycles. The van der Waals surface area contributed by atoms with E-state index in [1.165, 1.54) is 16.7 Å². The molecule has 4 nitrogen and oxygen atoms in total. The Kier molecular flexibility index (Phi) is 5.35. The van der Waals surface area contributed by atoms with E-state index in [4.69, 9.17) is 11.6 Å². The molecule has 0 unspecified atom stereocenters. The minimum atomic E-state index is -3.21. The molecule has 6 heteroatoms. The van der Waals surface area contributed by atoms with E-state index in [-0.39, 0.29) is 11.8 Å². The van der Waals surface area contributed by atoms with Gasteiger partial charge in [-0.3, -0.25) is 4.90 Å². The Labute approximate surface area is 162 Å². The summed E-state index contributed by atoms with van der Waals surface area (Å²) in [4.78, 5) is 2.60. The summed E-state index contributed by atoms with van der Waals surface area (Å²) in [6, 6.07) is 7.30. The summed E-state index contributed by atoms with van der Waals surface area (Å²) in [6.07, 6.45) is 4.71. The van der Waals surface area contributed by atoms with Crippen molar-refractivity contribution in [3.8, 4) is 0 Å². The van der Waals surface area contributed by atoms with Crippen LogP contribution in [0.25, 0.3) is 0 Å². The Bertz CT molecular complexity index is 767. The maximum absolute atomic E-state index is 12.9. The van der Waals surface area contributed by atoms with Crippen molar-refractivity contribution in [3.05, 3.63) is 34.9 Å². The van der Waals surface area contributed by atoms with Crippen LogP contribution in [0.15, 0.2) is 18.2 Å². The molecule has 0 aromatic heterocycles. The van der Waals surface area contributed by atoms with Crippen LogP contribution in [-0.2, 0) is 16.4 Å². The highest BCUT2D eigenvalue weighted by Crippen LogP contribution is 2.43. The molecule has 3 aliphatic rings. The zero-order chi connectivity index (χ0) is 18.3. The van der Waals surface area contributed by atoms with Crippen LogP contribution in [-0.4, -0.2) is 54.9 Å². The molecular formula is C20H29ClN2O2S. The van der Waals surface area contributed by atoms with E-state index in [2.05, 4.69) is 30.0 Å². The predicted molar refractivity (Wildman–Crippen MR) is 106 cm³/mol. The Hall–Kier alpha value is -0.620. The van der Waals surface area contributed by atoms with Crippen molar-refractivity contribution in [2.75, 3.05) is 31.3 Å². The summed E-state index contributed by atoms with van der Waals surface area (Å²) in [5.41, 5.74) is 4.19. The topological polar surface area (TPSA) is 40.6 Å². The number of piperidine rings is 2. The SMILES string of the molecule is Cc1ccc2c(c1)CCN1C[C@H]3CCCN(S(=O)(=O)CCCCl)[C@H]3C[C@@H]21. The number of fused-ring (bicyclic) bond motifs is 4. The second-order valence-electron chi connectivity index (χ2n) is 8.14. The van der Waals surface area contributed by atoms with Crippen LogP contribution in [0, 0.1) is 12.8 Å². The number of nitrogens with zero attached hydrogens (tertiary/aromatic N) is 2. The molecule has 3 heterocycles. The first-order chi connectivity index (χ1) is 12.5. The molecule has 144 valence electrons. The summed E-state index contributed by atoms with van der Waals surface area (Å²) < 4.78 is 27.6. The van der Waals surface area contributed by atoms with E-state index in [0.29, 0.717) is 30.8 Å². The average Bonchev–Trinajstić information content (AvgIpc) is 2.64. The van der Waals surface area contributed by atoms with Gasteiger partial charge in [0, 0.05) is 37.6 Å². The minimum absolute atomic E-state index is 0.151. The maximum Gasteiger partial charge on any atom is 0.214 e. The summed E-state index contributed by atoms with van der Waals surface area (Å²) in [5.74, 6) is 1.06. The highest BCUT2D eigenvalue weighted by molar-refractivity contribution is 7.89. The molecule has 26 heavy (non-hydrogen) atoms. The van der Waals surface area contributed by atoms with Gasteiger partial charge < -0.3 is 0 Å². The number of hydrogen-bond donors (Lipinski definition) is 0. The van der Waals surface area contributed by atoms with E-state index < -0.39 is 10.0 Å². The monoisotopic (exact) mass is 396 g/mol. The maximum atomic E-state index is 12.9. The molecule has 0 spiro atoms. The van der Waals surface area contributed by atoms with Gasteiger partial charge in [0.2, 0.25) is 10.0 Å². The van der Waals surface area contributed by atoms with Crippen molar-refractivity contribution < 1.29 is 8.42 Å². The second-order valence-corrected chi connectivity index (χ2v) is 10.6.